The molecule has 1 fully saturated rings. The van der Waals surface area contributed by atoms with Crippen LogP contribution in [0.5, 0.6) is 5.75 Å². The number of fused-ring (bicyclic) bond motifs is 4. The first-order valence-electron chi connectivity index (χ1n) is 9.87. The second kappa shape index (κ2) is 7.63. The third-order valence-electron chi connectivity index (χ3n) is 6.06. The molecule has 2 aliphatic rings. The first-order valence-corrected chi connectivity index (χ1v) is 10.3. The van der Waals surface area contributed by atoms with Gasteiger partial charge >= 0.3 is 0 Å². The molecule has 0 aliphatic carbocycles. The van der Waals surface area contributed by atoms with E-state index < -0.39 is 0 Å². The number of hydrogen-bond acceptors (Lipinski definition) is 3. The topological polar surface area (TPSA) is 51.5 Å². The van der Waals surface area contributed by atoms with E-state index >= 15 is 0 Å². The van der Waals surface area contributed by atoms with Crippen LogP contribution in [0, 0.1) is 5.92 Å². The summed E-state index contributed by atoms with van der Waals surface area (Å²) < 4.78 is 7.38. The number of amides is 1. The van der Waals surface area contributed by atoms with Crippen molar-refractivity contribution < 1.29 is 9.53 Å². The quantitative estimate of drug-likeness (QED) is 0.776. The summed E-state index contributed by atoms with van der Waals surface area (Å²) in [6.45, 7) is 3.39. The monoisotopic (exact) mass is 400 g/mol. The van der Waals surface area contributed by atoms with Crippen LogP contribution in [0.15, 0.2) is 41.2 Å². The van der Waals surface area contributed by atoms with Gasteiger partial charge in [-0.3, -0.25) is 9.59 Å². The number of pyridine rings is 1. The Bertz CT molecular complexity index is 955. The van der Waals surface area contributed by atoms with Crippen molar-refractivity contribution in [1.29, 1.82) is 0 Å². The Morgan fingerprint density at radius 3 is 2.82 bits per heavy atom. The summed E-state index contributed by atoms with van der Waals surface area (Å²) in [4.78, 5) is 27.8. The van der Waals surface area contributed by atoms with Gasteiger partial charge in [0, 0.05) is 41.8 Å². The first-order chi connectivity index (χ1) is 13.5. The highest BCUT2D eigenvalue weighted by molar-refractivity contribution is 6.31. The van der Waals surface area contributed by atoms with E-state index in [1.54, 1.807) is 31.4 Å². The summed E-state index contributed by atoms with van der Waals surface area (Å²) in [6, 6.07) is 10.8. The number of carbonyl (C=O) groups is 1. The third-order valence-corrected chi connectivity index (χ3v) is 6.30. The highest BCUT2D eigenvalue weighted by Gasteiger charge is 2.41. The van der Waals surface area contributed by atoms with Gasteiger partial charge in [0.1, 0.15) is 5.75 Å². The number of nitrogens with zero attached hydrogens (tertiary/aromatic N) is 2. The summed E-state index contributed by atoms with van der Waals surface area (Å²) in [5, 5.41) is 0.516. The summed E-state index contributed by atoms with van der Waals surface area (Å²) >= 11 is 6.14. The number of ether oxygens (including phenoxy) is 1. The molecule has 0 unspecified atom stereocenters. The second-order valence-electron chi connectivity index (χ2n) is 7.76. The minimum atomic E-state index is -0.0592. The number of hydrogen-bond donors (Lipinski definition) is 0. The largest absolute Gasteiger partial charge is 0.496 e. The number of rotatable bonds is 4. The van der Waals surface area contributed by atoms with Gasteiger partial charge in [0.2, 0.25) is 0 Å². The lowest BCUT2D eigenvalue weighted by Gasteiger charge is -2.47. The molecule has 3 atom stereocenters. The molecule has 2 aliphatic heterocycles. The van der Waals surface area contributed by atoms with E-state index in [2.05, 4.69) is 6.92 Å². The summed E-state index contributed by atoms with van der Waals surface area (Å²) in [7, 11) is 1.56. The van der Waals surface area contributed by atoms with Gasteiger partial charge in [-0.1, -0.05) is 31.0 Å². The Kier molecular flexibility index (Phi) is 5.19. The lowest BCUT2D eigenvalue weighted by molar-refractivity contribution is 0.0516. The minimum absolute atomic E-state index is 0.0592. The van der Waals surface area contributed by atoms with Crippen LogP contribution in [0.3, 0.4) is 0 Å². The lowest BCUT2D eigenvalue weighted by Crippen LogP contribution is -2.51. The van der Waals surface area contributed by atoms with Crippen molar-refractivity contribution in [2.24, 2.45) is 5.92 Å². The van der Waals surface area contributed by atoms with E-state index in [0.29, 0.717) is 29.4 Å². The number of likely N-dealkylation sites (tertiary alicyclic amines) is 1. The highest BCUT2D eigenvalue weighted by atomic mass is 35.5. The van der Waals surface area contributed by atoms with E-state index in [1.807, 2.05) is 21.6 Å². The van der Waals surface area contributed by atoms with Crippen LogP contribution in [0.4, 0.5) is 0 Å². The molecule has 3 heterocycles. The van der Waals surface area contributed by atoms with Gasteiger partial charge in [-0.25, -0.2) is 0 Å². The molecule has 0 saturated carbocycles. The van der Waals surface area contributed by atoms with E-state index in [-0.39, 0.29) is 29.3 Å². The van der Waals surface area contributed by atoms with E-state index in [0.717, 1.165) is 25.0 Å². The highest BCUT2D eigenvalue weighted by Crippen LogP contribution is 2.43. The second-order valence-corrected chi connectivity index (χ2v) is 8.20. The van der Waals surface area contributed by atoms with Gasteiger partial charge in [0.25, 0.3) is 11.5 Å². The maximum atomic E-state index is 13.3. The van der Waals surface area contributed by atoms with Gasteiger partial charge in [-0.05, 0) is 43.0 Å². The van der Waals surface area contributed by atoms with Crippen molar-refractivity contribution in [3.05, 3.63) is 63.0 Å². The first kappa shape index (κ1) is 19.1. The molecular weight excluding hydrogens is 376 g/mol. The fourth-order valence-corrected chi connectivity index (χ4v) is 5.06. The van der Waals surface area contributed by atoms with E-state index in [1.165, 1.54) is 0 Å². The molecule has 6 heteroatoms. The molecule has 2 aromatic rings. The Morgan fingerprint density at radius 2 is 2.07 bits per heavy atom. The maximum Gasteiger partial charge on any atom is 0.257 e. The molecule has 1 aromatic carbocycles. The summed E-state index contributed by atoms with van der Waals surface area (Å²) in [6.07, 6.45) is 2.96. The van der Waals surface area contributed by atoms with Crippen molar-refractivity contribution >= 4 is 17.5 Å². The average Bonchev–Trinajstić information content (AvgIpc) is 2.70. The van der Waals surface area contributed by atoms with Crippen LogP contribution < -0.4 is 10.3 Å². The van der Waals surface area contributed by atoms with Crippen LogP contribution >= 0.6 is 11.6 Å². The number of benzene rings is 1. The lowest BCUT2D eigenvalue weighted by atomic mass is 9.77. The molecule has 1 aromatic heterocycles. The zero-order chi connectivity index (χ0) is 19.8. The Morgan fingerprint density at radius 1 is 1.25 bits per heavy atom. The number of aromatic nitrogens is 1. The molecule has 0 spiro atoms. The molecular formula is C22H25ClN2O3. The zero-order valence-corrected chi connectivity index (χ0v) is 17.0. The smallest absolute Gasteiger partial charge is 0.257 e. The molecule has 0 radical (unpaired) electrons. The number of methoxy groups -OCH3 is 1. The van der Waals surface area contributed by atoms with Crippen LogP contribution in [-0.4, -0.2) is 35.6 Å². The van der Waals surface area contributed by atoms with Gasteiger partial charge in [-0.2, -0.15) is 0 Å². The third kappa shape index (κ3) is 3.22. The predicted molar refractivity (Wildman–Crippen MR) is 109 cm³/mol. The van der Waals surface area contributed by atoms with E-state index in [9.17, 15) is 9.59 Å². The Labute approximate surface area is 169 Å². The zero-order valence-electron chi connectivity index (χ0n) is 16.2. The minimum Gasteiger partial charge on any atom is -0.496 e. The predicted octanol–water partition coefficient (Wildman–Crippen LogP) is 4.11. The fourth-order valence-electron chi connectivity index (χ4n) is 4.89. The summed E-state index contributed by atoms with van der Waals surface area (Å²) in [5.41, 5.74) is 1.62. The molecule has 1 amide bonds. The van der Waals surface area contributed by atoms with Gasteiger partial charge in [0.15, 0.2) is 0 Å². The molecule has 5 nitrogen and oxygen atoms in total. The molecule has 2 bridgehead atoms. The average molecular weight is 401 g/mol. The van der Waals surface area contributed by atoms with Crippen molar-refractivity contribution in [3.63, 3.8) is 0 Å². The summed E-state index contributed by atoms with van der Waals surface area (Å²) in [5.74, 6) is 0.929. The van der Waals surface area contributed by atoms with Crippen LogP contribution in [0.25, 0.3) is 0 Å². The van der Waals surface area contributed by atoms with E-state index in [4.69, 9.17) is 16.3 Å². The maximum absolute atomic E-state index is 13.3. The number of piperidine rings is 1. The van der Waals surface area contributed by atoms with Crippen molar-refractivity contribution in [1.82, 2.24) is 9.47 Å². The molecule has 4 rings (SSSR count). The Balaban J connectivity index is 1.70. The van der Waals surface area contributed by atoms with Crippen LogP contribution in [-0.2, 0) is 0 Å². The van der Waals surface area contributed by atoms with Crippen LogP contribution in [0.1, 0.15) is 54.2 Å². The standard InChI is InChI=1S/C22H25ClN2O3/c1-3-5-18-14-10-15(19-6-4-7-21(26)25(18)19)13-24(12-14)22(27)17-11-16(23)8-9-20(17)28-2/h4,6-9,11,14-15,18H,3,5,10,12-13H2,1-2H3/t14-,15+,18-/m0/s1. The van der Waals surface area contributed by atoms with Crippen molar-refractivity contribution in [3.8, 4) is 5.75 Å². The van der Waals surface area contributed by atoms with Gasteiger partial charge < -0.3 is 14.2 Å². The van der Waals surface area contributed by atoms with Crippen molar-refractivity contribution in [2.45, 2.75) is 38.1 Å². The number of carbonyl (C=O) groups excluding carboxylic acids is 1. The van der Waals surface area contributed by atoms with Crippen LogP contribution in [0.2, 0.25) is 5.02 Å². The Hall–Kier alpha value is -2.27. The van der Waals surface area contributed by atoms with Gasteiger partial charge in [0.05, 0.1) is 12.7 Å². The normalized spacial score (nSPS) is 23.2. The molecule has 1 saturated heterocycles. The molecule has 0 N–H and O–H groups in total. The molecule has 148 valence electrons. The fraction of sp³-hybridized carbons (Fsp3) is 0.455. The number of halogens is 1. The SMILES string of the molecule is CCC[C@H]1[C@H]2C[C@H](CN(C(=O)c3cc(Cl)ccc3OC)C2)c2cccc(=O)n21. The van der Waals surface area contributed by atoms with Crippen molar-refractivity contribution in [2.75, 3.05) is 20.2 Å². The molecule has 28 heavy (non-hydrogen) atoms. The van der Waals surface area contributed by atoms with Gasteiger partial charge in [-0.15, -0.1) is 0 Å².